The highest BCUT2D eigenvalue weighted by molar-refractivity contribution is 5.85. The van der Waals surface area contributed by atoms with Crippen LogP contribution in [0.5, 0.6) is 11.5 Å². The van der Waals surface area contributed by atoms with Gasteiger partial charge in [-0.1, -0.05) is 19.9 Å². The minimum Gasteiger partial charge on any atom is -0.493 e. The van der Waals surface area contributed by atoms with Crippen LogP contribution in [0.15, 0.2) is 18.2 Å². The number of benzene rings is 1. The smallest absolute Gasteiger partial charge is 0.224 e. The molecule has 1 aromatic carbocycles. The minimum atomic E-state index is 0. The molecule has 0 radical (unpaired) electrons. The Bertz CT molecular complexity index is 560. The second-order valence-corrected chi connectivity index (χ2v) is 7.17. The number of nitrogens with zero attached hydrogens (tertiary/aromatic N) is 1. The summed E-state index contributed by atoms with van der Waals surface area (Å²) in [6.07, 6.45) is 3.71. The molecule has 0 bridgehead atoms. The van der Waals surface area contributed by atoms with E-state index in [1.165, 1.54) is 6.42 Å². The first-order valence-electron chi connectivity index (χ1n) is 9.25. The summed E-state index contributed by atoms with van der Waals surface area (Å²) >= 11 is 0. The van der Waals surface area contributed by atoms with E-state index in [1.54, 1.807) is 14.2 Å². The molecule has 1 aromatic rings. The van der Waals surface area contributed by atoms with Gasteiger partial charge in [-0.3, -0.25) is 4.79 Å². The number of hydrogen-bond acceptors (Lipinski definition) is 4. The Morgan fingerprint density at radius 3 is 2.58 bits per heavy atom. The molecule has 2 rings (SSSR count). The van der Waals surface area contributed by atoms with Crippen LogP contribution in [0.1, 0.15) is 38.7 Å². The van der Waals surface area contributed by atoms with Crippen molar-refractivity contribution in [3.8, 4) is 11.5 Å². The first kappa shape index (κ1) is 22.6. The Morgan fingerprint density at radius 1 is 1.27 bits per heavy atom. The molecule has 1 fully saturated rings. The van der Waals surface area contributed by atoms with Gasteiger partial charge in [-0.25, -0.2) is 0 Å². The lowest BCUT2D eigenvalue weighted by Crippen LogP contribution is -2.39. The van der Waals surface area contributed by atoms with E-state index in [0.717, 1.165) is 49.5 Å². The molecule has 148 valence electrons. The first-order valence-corrected chi connectivity index (χ1v) is 9.25. The van der Waals surface area contributed by atoms with E-state index in [0.29, 0.717) is 18.4 Å². The van der Waals surface area contributed by atoms with Crippen LogP contribution in [-0.2, 0) is 11.2 Å². The molecule has 0 aromatic heterocycles. The molecule has 1 amide bonds. The van der Waals surface area contributed by atoms with Gasteiger partial charge in [0.25, 0.3) is 0 Å². The van der Waals surface area contributed by atoms with E-state index < -0.39 is 0 Å². The highest BCUT2D eigenvalue weighted by atomic mass is 35.5. The molecule has 0 aliphatic carbocycles. The van der Waals surface area contributed by atoms with Gasteiger partial charge in [-0.2, -0.15) is 0 Å². The van der Waals surface area contributed by atoms with Crippen molar-refractivity contribution in [2.45, 2.75) is 45.6 Å². The van der Waals surface area contributed by atoms with Crippen molar-refractivity contribution < 1.29 is 14.3 Å². The summed E-state index contributed by atoms with van der Waals surface area (Å²) in [6.45, 7) is 6.89. The van der Waals surface area contributed by atoms with Gasteiger partial charge in [-0.15, -0.1) is 12.4 Å². The molecular weight excluding hydrogens is 352 g/mol. The molecular formula is C20H33ClN2O3. The predicted octanol–water partition coefficient (Wildman–Crippen LogP) is 3.29. The summed E-state index contributed by atoms with van der Waals surface area (Å²) in [7, 11) is 3.28. The molecule has 26 heavy (non-hydrogen) atoms. The van der Waals surface area contributed by atoms with Crippen molar-refractivity contribution in [1.29, 1.82) is 0 Å². The third-order valence-corrected chi connectivity index (χ3v) is 4.64. The van der Waals surface area contributed by atoms with Crippen LogP contribution in [0, 0.1) is 5.92 Å². The quantitative estimate of drug-likeness (QED) is 0.709. The molecule has 1 heterocycles. The van der Waals surface area contributed by atoms with Crippen molar-refractivity contribution in [2.24, 2.45) is 5.92 Å². The summed E-state index contributed by atoms with van der Waals surface area (Å²) in [5, 5.41) is 3.42. The molecule has 6 heteroatoms. The number of amides is 1. The number of halogens is 1. The first-order chi connectivity index (χ1) is 12.0. The fraction of sp³-hybridized carbons (Fsp3) is 0.650. The lowest BCUT2D eigenvalue weighted by molar-refractivity contribution is -0.132. The Morgan fingerprint density at radius 2 is 2.00 bits per heavy atom. The maximum Gasteiger partial charge on any atom is 0.224 e. The van der Waals surface area contributed by atoms with E-state index in [9.17, 15) is 4.79 Å². The number of hydrogen-bond donors (Lipinski definition) is 1. The number of ether oxygens (including phenoxy) is 2. The molecule has 1 N–H and O–H groups in total. The monoisotopic (exact) mass is 384 g/mol. The maximum atomic E-state index is 12.7. The van der Waals surface area contributed by atoms with Gasteiger partial charge in [0.15, 0.2) is 11.5 Å². The van der Waals surface area contributed by atoms with Crippen LogP contribution in [-0.4, -0.2) is 50.7 Å². The van der Waals surface area contributed by atoms with Crippen LogP contribution >= 0.6 is 12.4 Å². The van der Waals surface area contributed by atoms with Gasteiger partial charge in [0, 0.05) is 25.6 Å². The van der Waals surface area contributed by atoms with Crippen LogP contribution in [0.2, 0.25) is 0 Å². The van der Waals surface area contributed by atoms with Crippen LogP contribution in [0.4, 0.5) is 0 Å². The highest BCUT2D eigenvalue weighted by Gasteiger charge is 2.22. The number of nitrogens with one attached hydrogen (secondary N) is 1. The average molecular weight is 385 g/mol. The number of rotatable bonds is 9. The zero-order valence-electron chi connectivity index (χ0n) is 16.4. The number of carbonyl (C=O) groups excluding carboxylic acids is 1. The van der Waals surface area contributed by atoms with E-state index >= 15 is 0 Å². The molecule has 1 unspecified atom stereocenters. The Kier molecular flexibility index (Phi) is 9.81. The largest absolute Gasteiger partial charge is 0.493 e. The Labute approximate surface area is 163 Å². The lowest BCUT2D eigenvalue weighted by atomic mass is 10.1. The van der Waals surface area contributed by atoms with Crippen molar-refractivity contribution >= 4 is 18.3 Å². The highest BCUT2D eigenvalue weighted by Crippen LogP contribution is 2.27. The molecule has 1 aliphatic rings. The van der Waals surface area contributed by atoms with Gasteiger partial charge in [-0.05, 0) is 49.4 Å². The lowest BCUT2D eigenvalue weighted by Gasteiger charge is -2.26. The van der Waals surface area contributed by atoms with Crippen LogP contribution in [0.3, 0.4) is 0 Å². The fourth-order valence-electron chi connectivity index (χ4n) is 3.33. The summed E-state index contributed by atoms with van der Waals surface area (Å²) < 4.78 is 10.7. The zero-order chi connectivity index (χ0) is 18.2. The topological polar surface area (TPSA) is 50.8 Å². The Balaban J connectivity index is 0.00000338. The predicted molar refractivity (Wildman–Crippen MR) is 108 cm³/mol. The summed E-state index contributed by atoms with van der Waals surface area (Å²) in [4.78, 5) is 14.7. The third kappa shape index (κ3) is 6.69. The summed E-state index contributed by atoms with van der Waals surface area (Å²) in [5.74, 6) is 2.19. The van der Waals surface area contributed by atoms with E-state index in [1.807, 2.05) is 23.1 Å². The summed E-state index contributed by atoms with van der Waals surface area (Å²) in [5.41, 5.74) is 1.15. The van der Waals surface area contributed by atoms with Gasteiger partial charge in [0.05, 0.1) is 14.2 Å². The van der Waals surface area contributed by atoms with Gasteiger partial charge < -0.3 is 19.7 Å². The normalized spacial score (nSPS) is 16.3. The molecule has 1 atom stereocenters. The van der Waals surface area contributed by atoms with Crippen LogP contribution < -0.4 is 14.8 Å². The second-order valence-electron chi connectivity index (χ2n) is 7.17. The molecule has 1 saturated heterocycles. The number of methoxy groups -OCH3 is 2. The molecule has 0 saturated carbocycles. The average Bonchev–Trinajstić information content (AvgIpc) is 3.10. The summed E-state index contributed by atoms with van der Waals surface area (Å²) in [6, 6.07) is 6.31. The maximum absolute atomic E-state index is 12.7. The number of carbonyl (C=O) groups is 1. The zero-order valence-corrected chi connectivity index (χ0v) is 17.2. The van der Waals surface area contributed by atoms with Crippen molar-refractivity contribution in [3.63, 3.8) is 0 Å². The van der Waals surface area contributed by atoms with Gasteiger partial charge in [0.2, 0.25) is 5.91 Å². The van der Waals surface area contributed by atoms with Crippen molar-refractivity contribution in [2.75, 3.05) is 33.9 Å². The SMILES string of the molecule is COc1ccc(CCN(CC(C)C)C(=O)CC2CCCN2)cc1OC.Cl. The van der Waals surface area contributed by atoms with Gasteiger partial charge >= 0.3 is 0 Å². The van der Waals surface area contributed by atoms with Crippen LogP contribution in [0.25, 0.3) is 0 Å². The third-order valence-electron chi connectivity index (χ3n) is 4.64. The van der Waals surface area contributed by atoms with E-state index in [2.05, 4.69) is 19.2 Å². The van der Waals surface area contributed by atoms with Crippen molar-refractivity contribution in [1.82, 2.24) is 10.2 Å². The Hall–Kier alpha value is -1.46. The molecule has 1 aliphatic heterocycles. The van der Waals surface area contributed by atoms with E-state index in [-0.39, 0.29) is 18.3 Å². The van der Waals surface area contributed by atoms with Crippen molar-refractivity contribution in [3.05, 3.63) is 23.8 Å². The molecule has 5 nitrogen and oxygen atoms in total. The fourth-order valence-corrected chi connectivity index (χ4v) is 3.33. The van der Waals surface area contributed by atoms with E-state index in [4.69, 9.17) is 9.47 Å². The second kappa shape index (κ2) is 11.3. The standard InChI is InChI=1S/C20H32N2O3.ClH/c1-15(2)14-22(20(23)13-17-6-5-10-21-17)11-9-16-7-8-18(24-3)19(12-16)25-4;/h7-8,12,15,17,21H,5-6,9-11,13-14H2,1-4H3;1H. The minimum absolute atomic E-state index is 0. The van der Waals surface area contributed by atoms with Gasteiger partial charge in [0.1, 0.15) is 0 Å². The molecule has 0 spiro atoms.